The number of aromatic nitrogens is 1. The maximum Gasteiger partial charge on any atom is 0.410 e. The van der Waals surface area contributed by atoms with Crippen molar-refractivity contribution in [3.05, 3.63) is 42.1 Å². The van der Waals surface area contributed by atoms with Crippen molar-refractivity contribution in [1.82, 2.24) is 9.88 Å². The van der Waals surface area contributed by atoms with Crippen LogP contribution in [0.3, 0.4) is 0 Å². The van der Waals surface area contributed by atoms with Gasteiger partial charge in [0, 0.05) is 23.2 Å². The summed E-state index contributed by atoms with van der Waals surface area (Å²) >= 11 is 0. The molecule has 164 valence electrons. The average molecular weight is 411 g/mol. The van der Waals surface area contributed by atoms with Crippen molar-refractivity contribution in [2.24, 2.45) is 5.92 Å². The summed E-state index contributed by atoms with van der Waals surface area (Å²) in [6.07, 6.45) is 8.41. The number of fused-ring (bicyclic) bond motifs is 3. The van der Waals surface area contributed by atoms with Gasteiger partial charge in [-0.15, -0.1) is 0 Å². The van der Waals surface area contributed by atoms with E-state index in [1.54, 1.807) is 0 Å². The molecule has 2 aliphatic heterocycles. The van der Waals surface area contributed by atoms with Crippen LogP contribution in [0.4, 0.5) is 4.79 Å². The van der Waals surface area contributed by atoms with Gasteiger partial charge in [0.05, 0.1) is 5.52 Å². The highest BCUT2D eigenvalue weighted by Gasteiger charge is 2.47. The van der Waals surface area contributed by atoms with Crippen LogP contribution in [0.5, 0.6) is 0 Å². The predicted molar refractivity (Wildman–Crippen MR) is 124 cm³/mol. The van der Waals surface area contributed by atoms with Crippen molar-refractivity contribution < 1.29 is 9.53 Å². The molecule has 1 saturated carbocycles. The smallest absolute Gasteiger partial charge is 0.410 e. The fraction of sp³-hybridized carbons (Fsp3) is 0.615. The first kappa shape index (κ1) is 22.6. The van der Waals surface area contributed by atoms with E-state index in [1.165, 1.54) is 43.9 Å². The molecule has 2 saturated heterocycles. The van der Waals surface area contributed by atoms with Gasteiger partial charge in [-0.1, -0.05) is 50.5 Å². The molecule has 1 amide bonds. The minimum Gasteiger partial charge on any atom is -0.444 e. The van der Waals surface area contributed by atoms with E-state index in [4.69, 9.17) is 4.74 Å². The van der Waals surface area contributed by atoms with E-state index in [1.807, 2.05) is 52.0 Å². The van der Waals surface area contributed by atoms with E-state index in [0.717, 1.165) is 23.5 Å². The van der Waals surface area contributed by atoms with E-state index in [2.05, 4.69) is 28.9 Å². The molecule has 1 aromatic heterocycles. The van der Waals surface area contributed by atoms with Gasteiger partial charge >= 0.3 is 6.09 Å². The van der Waals surface area contributed by atoms with E-state index in [9.17, 15) is 4.79 Å². The van der Waals surface area contributed by atoms with E-state index >= 15 is 0 Å². The third-order valence-electron chi connectivity index (χ3n) is 6.09. The van der Waals surface area contributed by atoms with Crippen LogP contribution < -0.4 is 0 Å². The second kappa shape index (κ2) is 9.80. The zero-order valence-electron chi connectivity index (χ0n) is 19.4. The number of hydrogen-bond acceptors (Lipinski definition) is 3. The molecule has 2 aromatic rings. The van der Waals surface area contributed by atoms with Gasteiger partial charge < -0.3 is 9.64 Å². The van der Waals surface area contributed by atoms with E-state index in [-0.39, 0.29) is 11.7 Å². The van der Waals surface area contributed by atoms with Crippen LogP contribution in [0.1, 0.15) is 78.3 Å². The van der Waals surface area contributed by atoms with Gasteiger partial charge in [0.2, 0.25) is 0 Å². The lowest BCUT2D eigenvalue weighted by Crippen LogP contribution is -2.59. The molecule has 3 heterocycles. The van der Waals surface area contributed by atoms with Crippen molar-refractivity contribution >= 4 is 17.0 Å². The number of nitrogens with zero attached hydrogens (tertiary/aromatic N) is 2. The summed E-state index contributed by atoms with van der Waals surface area (Å²) in [4.78, 5) is 18.8. The first-order valence-electron chi connectivity index (χ1n) is 11.6. The van der Waals surface area contributed by atoms with Gasteiger partial charge in [0.25, 0.3) is 0 Å². The molecule has 3 aliphatic rings. The first-order valence-corrected chi connectivity index (χ1v) is 11.6. The third-order valence-corrected chi connectivity index (χ3v) is 6.09. The Hall–Kier alpha value is -2.10. The second-order valence-electron chi connectivity index (χ2n) is 9.91. The van der Waals surface area contributed by atoms with Crippen molar-refractivity contribution in [3.8, 4) is 0 Å². The maximum atomic E-state index is 12.4. The van der Waals surface area contributed by atoms with E-state index in [0.29, 0.717) is 12.1 Å². The number of aryl methyl sites for hydroxylation is 1. The maximum absolute atomic E-state index is 12.4. The van der Waals surface area contributed by atoms with Crippen LogP contribution in [0, 0.1) is 12.8 Å². The Morgan fingerprint density at radius 3 is 2.53 bits per heavy atom. The Bertz CT molecular complexity index is 836. The van der Waals surface area contributed by atoms with Gasteiger partial charge in [-0.05, 0) is 71.4 Å². The molecule has 1 atom stereocenters. The molecule has 2 bridgehead atoms. The molecular weight excluding hydrogens is 372 g/mol. The first-order chi connectivity index (χ1) is 14.3. The number of hydrogen-bond donors (Lipinski definition) is 0. The minimum absolute atomic E-state index is 0.0860. The fourth-order valence-corrected chi connectivity index (χ4v) is 4.58. The minimum atomic E-state index is -0.383. The molecule has 30 heavy (non-hydrogen) atoms. The van der Waals surface area contributed by atoms with Crippen LogP contribution in [-0.2, 0) is 4.74 Å². The monoisotopic (exact) mass is 410 g/mol. The largest absolute Gasteiger partial charge is 0.444 e. The zero-order chi connectivity index (χ0) is 21.7. The summed E-state index contributed by atoms with van der Waals surface area (Å²) in [6, 6.07) is 13.2. The quantitative estimate of drug-likeness (QED) is 0.515. The summed E-state index contributed by atoms with van der Waals surface area (Å²) < 4.78 is 5.60. The number of carbonyl (C=O) groups excluding carboxylic acids is 1. The molecule has 1 unspecified atom stereocenters. The lowest BCUT2D eigenvalue weighted by molar-refractivity contribution is -0.0537. The molecule has 1 aliphatic carbocycles. The molecule has 5 rings (SSSR count). The Morgan fingerprint density at radius 2 is 1.83 bits per heavy atom. The highest BCUT2D eigenvalue weighted by atomic mass is 16.6. The Morgan fingerprint density at radius 1 is 1.10 bits per heavy atom. The number of rotatable bonds is 4. The van der Waals surface area contributed by atoms with Crippen LogP contribution in [0.2, 0.25) is 0 Å². The molecule has 0 radical (unpaired) electrons. The van der Waals surface area contributed by atoms with Crippen LogP contribution in [-0.4, -0.2) is 33.7 Å². The summed E-state index contributed by atoms with van der Waals surface area (Å²) in [5, 5.41) is 1.21. The van der Waals surface area contributed by atoms with Crippen LogP contribution in [0.25, 0.3) is 10.9 Å². The average Bonchev–Trinajstić information content (AvgIpc) is 2.66. The van der Waals surface area contributed by atoms with Gasteiger partial charge in [-0.25, -0.2) is 4.79 Å². The molecule has 4 nitrogen and oxygen atoms in total. The summed E-state index contributed by atoms with van der Waals surface area (Å²) in [7, 11) is 0. The lowest BCUT2D eigenvalue weighted by Gasteiger charge is -2.53. The van der Waals surface area contributed by atoms with Gasteiger partial charge in [0.1, 0.15) is 5.60 Å². The highest BCUT2D eigenvalue weighted by molar-refractivity contribution is 5.78. The number of piperidine rings is 2. The second-order valence-corrected chi connectivity index (χ2v) is 9.91. The highest BCUT2D eigenvalue weighted by Crippen LogP contribution is 2.44. The zero-order valence-corrected chi connectivity index (χ0v) is 19.4. The number of amides is 1. The SMILES string of the molecule is CCCCCC1CC2CC(C2)N1C(=O)OC(C)(C)C.Cc1ccc2ccccc2n1. The Balaban J connectivity index is 0.000000196. The molecular formula is C26H38N2O2. The van der Waals surface area contributed by atoms with Crippen molar-refractivity contribution in [3.63, 3.8) is 0 Å². The Labute approximate surface area is 182 Å². The standard InChI is InChI=1S/C16H29NO2.C10H9N/c1-5-6-7-8-13-9-12-10-14(11-12)17(13)15(18)19-16(2,3)4;1-8-6-7-9-4-2-3-5-10(9)11-8/h12-14H,5-11H2,1-4H3;2-7H,1H3. The summed E-state index contributed by atoms with van der Waals surface area (Å²) in [5.74, 6) is 0.871. The van der Waals surface area contributed by atoms with E-state index < -0.39 is 0 Å². The molecule has 0 spiro atoms. The van der Waals surface area contributed by atoms with Gasteiger partial charge in [-0.3, -0.25) is 4.98 Å². The number of benzene rings is 1. The number of pyridine rings is 1. The molecule has 1 aromatic carbocycles. The summed E-state index contributed by atoms with van der Waals surface area (Å²) in [6.45, 7) is 10.1. The number of unbranched alkanes of at least 4 members (excludes halogenated alkanes) is 2. The van der Waals surface area contributed by atoms with Crippen molar-refractivity contribution in [2.45, 2.75) is 97.2 Å². The van der Waals surface area contributed by atoms with Crippen molar-refractivity contribution in [1.29, 1.82) is 0 Å². The molecule has 3 fully saturated rings. The van der Waals surface area contributed by atoms with Gasteiger partial charge in [-0.2, -0.15) is 0 Å². The van der Waals surface area contributed by atoms with Crippen molar-refractivity contribution in [2.75, 3.05) is 0 Å². The van der Waals surface area contributed by atoms with Crippen LogP contribution >= 0.6 is 0 Å². The Kier molecular flexibility index (Phi) is 7.38. The fourth-order valence-electron chi connectivity index (χ4n) is 4.58. The summed E-state index contributed by atoms with van der Waals surface area (Å²) in [5.41, 5.74) is 1.77. The number of para-hydroxylation sites is 1. The predicted octanol–water partition coefficient (Wildman–Crippen LogP) is 6.90. The third kappa shape index (κ3) is 5.96. The topological polar surface area (TPSA) is 42.4 Å². The van der Waals surface area contributed by atoms with Crippen LogP contribution in [0.15, 0.2) is 36.4 Å². The normalized spacial score (nSPS) is 22.7. The number of ether oxygens (including phenoxy) is 1. The molecule has 4 heteroatoms. The number of carbonyl (C=O) groups is 1. The van der Waals surface area contributed by atoms with Gasteiger partial charge in [0.15, 0.2) is 0 Å². The molecule has 0 N–H and O–H groups in total. The lowest BCUT2D eigenvalue weighted by atomic mass is 9.70.